The Kier molecular flexibility index (Phi) is 8.81. The van der Waals surface area contributed by atoms with Crippen LogP contribution in [-0.4, -0.2) is 68.1 Å². The zero-order valence-corrected chi connectivity index (χ0v) is 18.7. The van der Waals surface area contributed by atoms with Crippen molar-refractivity contribution < 1.29 is 0 Å². The highest BCUT2D eigenvalue weighted by Gasteiger charge is 2.22. The highest BCUT2D eigenvalue weighted by atomic mass is 15.2. The van der Waals surface area contributed by atoms with Gasteiger partial charge in [-0.2, -0.15) is 0 Å². The van der Waals surface area contributed by atoms with Crippen molar-refractivity contribution >= 4 is 5.96 Å². The maximum Gasteiger partial charge on any atom is 0.191 e. The van der Waals surface area contributed by atoms with Crippen LogP contribution < -0.4 is 10.6 Å². The molecule has 1 atom stereocenters. The summed E-state index contributed by atoms with van der Waals surface area (Å²) in [4.78, 5) is 9.69. The molecule has 2 aliphatic heterocycles. The smallest absolute Gasteiger partial charge is 0.191 e. The van der Waals surface area contributed by atoms with Crippen LogP contribution in [0, 0.1) is 11.8 Å². The van der Waals surface area contributed by atoms with Gasteiger partial charge in [0, 0.05) is 52.4 Å². The van der Waals surface area contributed by atoms with E-state index in [2.05, 4.69) is 69.6 Å². The summed E-state index contributed by atoms with van der Waals surface area (Å²) in [5.41, 5.74) is 1.41. The number of nitrogens with one attached hydrogen (secondary N) is 2. The fraction of sp³-hybridized carbons (Fsp3) is 0.708. The summed E-state index contributed by atoms with van der Waals surface area (Å²) >= 11 is 0. The Hall–Kier alpha value is -1.59. The third-order valence-corrected chi connectivity index (χ3v) is 6.19. The van der Waals surface area contributed by atoms with Gasteiger partial charge in [0.1, 0.15) is 0 Å². The molecule has 1 unspecified atom stereocenters. The van der Waals surface area contributed by atoms with Crippen LogP contribution in [0.25, 0.3) is 0 Å². The number of hydrogen-bond acceptors (Lipinski definition) is 3. The molecule has 0 aliphatic carbocycles. The number of nitrogens with zero attached hydrogens (tertiary/aromatic N) is 3. The van der Waals surface area contributed by atoms with E-state index in [0.717, 1.165) is 44.0 Å². The van der Waals surface area contributed by atoms with Gasteiger partial charge in [-0.25, -0.2) is 0 Å². The molecule has 2 N–H and O–H groups in total. The Morgan fingerprint density at radius 2 is 1.83 bits per heavy atom. The van der Waals surface area contributed by atoms with Crippen LogP contribution in [0.4, 0.5) is 0 Å². The van der Waals surface area contributed by atoms with E-state index < -0.39 is 0 Å². The van der Waals surface area contributed by atoms with Gasteiger partial charge in [-0.05, 0) is 49.6 Å². The highest BCUT2D eigenvalue weighted by Crippen LogP contribution is 2.17. The lowest BCUT2D eigenvalue weighted by Gasteiger charge is -2.35. The molecule has 0 saturated carbocycles. The van der Waals surface area contributed by atoms with E-state index in [1.54, 1.807) is 0 Å². The van der Waals surface area contributed by atoms with Gasteiger partial charge in [-0.1, -0.05) is 44.2 Å². The Balaban J connectivity index is 1.36. The fourth-order valence-electron chi connectivity index (χ4n) is 4.71. The third kappa shape index (κ3) is 7.63. The van der Waals surface area contributed by atoms with Crippen molar-refractivity contribution in [2.75, 3.05) is 46.3 Å². The lowest BCUT2D eigenvalue weighted by Crippen LogP contribution is -2.50. The number of piperidine rings is 2. The molecule has 5 nitrogen and oxygen atoms in total. The van der Waals surface area contributed by atoms with Crippen LogP contribution in [0.1, 0.15) is 45.1 Å². The van der Waals surface area contributed by atoms with Gasteiger partial charge in [0.15, 0.2) is 5.96 Å². The van der Waals surface area contributed by atoms with E-state index in [4.69, 9.17) is 0 Å². The SMILES string of the molecule is CN=C(NCC1CCCN(CC(C)C)C1)NC1CCN(Cc2ccccc2)CC1. The molecule has 29 heavy (non-hydrogen) atoms. The quantitative estimate of drug-likeness (QED) is 0.546. The number of likely N-dealkylation sites (tertiary alicyclic amines) is 2. The summed E-state index contributed by atoms with van der Waals surface area (Å²) < 4.78 is 0. The lowest BCUT2D eigenvalue weighted by molar-refractivity contribution is 0.159. The first-order valence-electron chi connectivity index (χ1n) is 11.6. The van der Waals surface area contributed by atoms with Gasteiger partial charge in [-0.15, -0.1) is 0 Å². The van der Waals surface area contributed by atoms with Gasteiger partial charge >= 0.3 is 0 Å². The van der Waals surface area contributed by atoms with Crippen LogP contribution >= 0.6 is 0 Å². The van der Waals surface area contributed by atoms with Crippen molar-refractivity contribution in [2.24, 2.45) is 16.8 Å². The summed E-state index contributed by atoms with van der Waals surface area (Å²) in [6.07, 6.45) is 5.01. The van der Waals surface area contributed by atoms with E-state index >= 15 is 0 Å². The normalized spacial score (nSPS) is 22.8. The van der Waals surface area contributed by atoms with E-state index in [1.165, 1.54) is 50.9 Å². The molecule has 0 radical (unpaired) electrons. The fourth-order valence-corrected chi connectivity index (χ4v) is 4.71. The molecule has 0 bridgehead atoms. The topological polar surface area (TPSA) is 42.9 Å². The molecule has 2 fully saturated rings. The van der Waals surface area contributed by atoms with Gasteiger partial charge < -0.3 is 15.5 Å². The number of rotatable bonds is 7. The Morgan fingerprint density at radius 1 is 1.07 bits per heavy atom. The average molecular weight is 400 g/mol. The second-order valence-electron chi connectivity index (χ2n) is 9.30. The van der Waals surface area contributed by atoms with Crippen LogP contribution in [0.5, 0.6) is 0 Å². The predicted octanol–water partition coefficient (Wildman–Crippen LogP) is 3.18. The van der Waals surface area contributed by atoms with E-state index in [9.17, 15) is 0 Å². The first kappa shape index (κ1) is 22.1. The molecular weight excluding hydrogens is 358 g/mol. The van der Waals surface area contributed by atoms with Crippen molar-refractivity contribution in [2.45, 2.75) is 52.1 Å². The number of hydrogen-bond donors (Lipinski definition) is 2. The molecule has 3 rings (SSSR count). The number of aliphatic imine (C=N–C) groups is 1. The summed E-state index contributed by atoms with van der Waals surface area (Å²) in [7, 11) is 1.89. The molecule has 1 aromatic carbocycles. The minimum absolute atomic E-state index is 0.525. The molecule has 0 spiro atoms. The van der Waals surface area contributed by atoms with Gasteiger partial charge in [-0.3, -0.25) is 9.89 Å². The first-order valence-corrected chi connectivity index (χ1v) is 11.6. The predicted molar refractivity (Wildman–Crippen MR) is 123 cm³/mol. The largest absolute Gasteiger partial charge is 0.356 e. The molecule has 2 aliphatic rings. The minimum Gasteiger partial charge on any atom is -0.356 e. The molecule has 1 aromatic rings. The molecule has 5 heteroatoms. The molecule has 2 saturated heterocycles. The van der Waals surface area contributed by atoms with Crippen molar-refractivity contribution in [1.29, 1.82) is 0 Å². The second kappa shape index (κ2) is 11.6. The van der Waals surface area contributed by atoms with Crippen molar-refractivity contribution in [1.82, 2.24) is 20.4 Å². The summed E-state index contributed by atoms with van der Waals surface area (Å²) in [5.74, 6) is 2.46. The summed E-state index contributed by atoms with van der Waals surface area (Å²) in [5, 5.41) is 7.28. The van der Waals surface area contributed by atoms with E-state index in [1.807, 2.05) is 7.05 Å². The van der Waals surface area contributed by atoms with E-state index in [-0.39, 0.29) is 0 Å². The summed E-state index contributed by atoms with van der Waals surface area (Å²) in [6, 6.07) is 11.3. The Bertz CT molecular complexity index is 607. The van der Waals surface area contributed by atoms with Crippen molar-refractivity contribution in [3.63, 3.8) is 0 Å². The van der Waals surface area contributed by atoms with Crippen LogP contribution in [0.2, 0.25) is 0 Å². The van der Waals surface area contributed by atoms with Gasteiger partial charge in [0.2, 0.25) is 0 Å². The number of guanidine groups is 1. The third-order valence-electron chi connectivity index (χ3n) is 6.19. The average Bonchev–Trinajstić information content (AvgIpc) is 2.73. The van der Waals surface area contributed by atoms with E-state index in [0.29, 0.717) is 6.04 Å². The molecular formula is C24H41N5. The minimum atomic E-state index is 0.525. The standard InChI is InChI=1S/C24H41N5/c1-20(2)17-29-13-7-10-22(19-29)16-26-24(25-3)27-23-11-14-28(15-12-23)18-21-8-5-4-6-9-21/h4-6,8-9,20,22-23H,7,10-19H2,1-3H3,(H2,25,26,27). The Labute approximate surface area is 178 Å². The monoisotopic (exact) mass is 399 g/mol. The lowest BCUT2D eigenvalue weighted by atomic mass is 9.97. The first-order chi connectivity index (χ1) is 14.1. The van der Waals surface area contributed by atoms with Crippen molar-refractivity contribution in [3.8, 4) is 0 Å². The van der Waals surface area contributed by atoms with Crippen LogP contribution in [0.3, 0.4) is 0 Å². The highest BCUT2D eigenvalue weighted by molar-refractivity contribution is 5.79. The summed E-state index contributed by atoms with van der Waals surface area (Å²) in [6.45, 7) is 12.7. The van der Waals surface area contributed by atoms with Crippen LogP contribution in [-0.2, 0) is 6.54 Å². The second-order valence-corrected chi connectivity index (χ2v) is 9.30. The molecule has 0 amide bonds. The maximum atomic E-state index is 4.49. The zero-order chi connectivity index (χ0) is 20.5. The van der Waals surface area contributed by atoms with Gasteiger partial charge in [0.25, 0.3) is 0 Å². The Morgan fingerprint density at radius 3 is 2.52 bits per heavy atom. The van der Waals surface area contributed by atoms with Gasteiger partial charge in [0.05, 0.1) is 0 Å². The zero-order valence-electron chi connectivity index (χ0n) is 18.7. The number of benzene rings is 1. The maximum absolute atomic E-state index is 4.49. The van der Waals surface area contributed by atoms with Crippen LogP contribution in [0.15, 0.2) is 35.3 Å². The molecule has 162 valence electrons. The molecule has 2 heterocycles. The van der Waals surface area contributed by atoms with Crippen molar-refractivity contribution in [3.05, 3.63) is 35.9 Å². The molecule has 0 aromatic heterocycles.